The van der Waals surface area contributed by atoms with Gasteiger partial charge in [0.1, 0.15) is 0 Å². The van der Waals surface area contributed by atoms with Crippen molar-refractivity contribution in [3.05, 3.63) is 0 Å². The lowest BCUT2D eigenvalue weighted by Crippen LogP contribution is -2.42. The first-order valence-electron chi connectivity index (χ1n) is 6.48. The van der Waals surface area contributed by atoms with E-state index in [0.29, 0.717) is 19.3 Å². The summed E-state index contributed by atoms with van der Waals surface area (Å²) in [6.07, 6.45) is 2.12. The van der Waals surface area contributed by atoms with E-state index in [2.05, 4.69) is 4.90 Å². The summed E-state index contributed by atoms with van der Waals surface area (Å²) in [4.78, 5) is 2.28. The van der Waals surface area contributed by atoms with Gasteiger partial charge in [-0.3, -0.25) is 0 Å². The number of likely N-dealkylation sites (tertiary alicyclic amines) is 1. The van der Waals surface area contributed by atoms with E-state index in [1.54, 1.807) is 7.11 Å². The molecular weight excluding hydrogens is 218 g/mol. The number of hydrogen-bond acceptors (Lipinski definition) is 4. The second-order valence-corrected chi connectivity index (χ2v) is 5.81. The monoisotopic (exact) mass is 245 g/mol. The lowest BCUT2D eigenvalue weighted by atomic mass is 10.1. The van der Waals surface area contributed by atoms with Crippen molar-refractivity contribution in [1.82, 2.24) is 4.90 Å². The highest BCUT2D eigenvalue weighted by atomic mass is 16.5. The van der Waals surface area contributed by atoms with E-state index >= 15 is 0 Å². The predicted molar refractivity (Wildman–Crippen MR) is 68.2 cm³/mol. The first kappa shape index (κ1) is 14.9. The maximum Gasteiger partial charge on any atom is 0.0900 e. The molecule has 0 aromatic heterocycles. The highest BCUT2D eigenvalue weighted by Gasteiger charge is 2.21. The van der Waals surface area contributed by atoms with Crippen LogP contribution in [0, 0.1) is 0 Å². The number of ether oxygens (including phenoxy) is 2. The molecule has 4 nitrogen and oxygen atoms in total. The Balaban J connectivity index is 2.17. The van der Waals surface area contributed by atoms with Crippen molar-refractivity contribution in [2.75, 3.05) is 33.4 Å². The van der Waals surface area contributed by atoms with Crippen LogP contribution in [-0.2, 0) is 9.47 Å². The van der Waals surface area contributed by atoms with Crippen LogP contribution in [0.1, 0.15) is 33.6 Å². The van der Waals surface area contributed by atoms with Crippen LogP contribution < -0.4 is 0 Å². The van der Waals surface area contributed by atoms with E-state index in [4.69, 9.17) is 9.47 Å². The quantitative estimate of drug-likeness (QED) is 0.792. The van der Waals surface area contributed by atoms with Crippen LogP contribution in [0.3, 0.4) is 0 Å². The van der Waals surface area contributed by atoms with Crippen molar-refractivity contribution >= 4 is 0 Å². The summed E-state index contributed by atoms with van der Waals surface area (Å²) in [5.41, 5.74) is -0.177. The van der Waals surface area contributed by atoms with E-state index < -0.39 is 6.10 Å². The summed E-state index contributed by atoms with van der Waals surface area (Å²) in [5.74, 6) is 0. The van der Waals surface area contributed by atoms with Crippen molar-refractivity contribution in [2.45, 2.75) is 51.4 Å². The summed E-state index contributed by atoms with van der Waals surface area (Å²) in [6, 6.07) is 0. The number of hydrogen-bond donors (Lipinski definition) is 1. The number of β-amino-alcohol motifs (C(OH)–C–C–N with tert-alkyl or cyclic N) is 1. The molecule has 0 aromatic carbocycles. The van der Waals surface area contributed by atoms with Gasteiger partial charge in [-0.1, -0.05) is 0 Å². The molecule has 0 saturated carbocycles. The molecule has 1 aliphatic heterocycles. The molecule has 0 bridgehead atoms. The molecular formula is C13H27NO3. The summed E-state index contributed by atoms with van der Waals surface area (Å²) in [6.45, 7) is 9.13. The Morgan fingerprint density at radius 3 is 2.35 bits per heavy atom. The molecule has 4 heteroatoms. The van der Waals surface area contributed by atoms with Crippen LogP contribution in [0.25, 0.3) is 0 Å². The zero-order valence-corrected chi connectivity index (χ0v) is 11.6. The van der Waals surface area contributed by atoms with Crippen LogP contribution in [0.2, 0.25) is 0 Å². The number of piperidine rings is 1. The molecule has 0 amide bonds. The summed E-state index contributed by atoms with van der Waals surface area (Å²) in [5, 5.41) is 9.89. The third kappa shape index (κ3) is 6.36. The van der Waals surface area contributed by atoms with Gasteiger partial charge in [0.05, 0.1) is 24.4 Å². The van der Waals surface area contributed by atoms with Crippen molar-refractivity contribution in [2.24, 2.45) is 0 Å². The molecule has 17 heavy (non-hydrogen) atoms. The minimum atomic E-state index is -0.395. The minimum absolute atomic E-state index is 0.177. The number of aliphatic hydroxyl groups excluding tert-OH is 1. The van der Waals surface area contributed by atoms with Gasteiger partial charge in [0.2, 0.25) is 0 Å². The lowest BCUT2D eigenvalue weighted by Gasteiger charge is -2.33. The maximum atomic E-state index is 9.89. The van der Waals surface area contributed by atoms with Gasteiger partial charge >= 0.3 is 0 Å². The van der Waals surface area contributed by atoms with Gasteiger partial charge in [0.15, 0.2) is 0 Å². The second kappa shape index (κ2) is 6.69. The van der Waals surface area contributed by atoms with E-state index in [9.17, 15) is 5.11 Å². The van der Waals surface area contributed by atoms with Crippen LogP contribution in [0.4, 0.5) is 0 Å². The van der Waals surface area contributed by atoms with Crippen molar-refractivity contribution in [3.8, 4) is 0 Å². The van der Waals surface area contributed by atoms with E-state index in [1.165, 1.54) is 0 Å². The number of aliphatic hydroxyl groups is 1. The third-order valence-corrected chi connectivity index (χ3v) is 3.05. The zero-order valence-electron chi connectivity index (χ0n) is 11.6. The lowest BCUT2D eigenvalue weighted by molar-refractivity contribution is -0.0603. The fraction of sp³-hybridized carbons (Fsp3) is 1.00. The predicted octanol–water partition coefficient (Wildman–Crippen LogP) is 1.27. The zero-order chi connectivity index (χ0) is 12.9. The normalized spacial score (nSPS) is 21.7. The largest absolute Gasteiger partial charge is 0.389 e. The van der Waals surface area contributed by atoms with Crippen LogP contribution >= 0.6 is 0 Å². The Morgan fingerprint density at radius 2 is 1.88 bits per heavy atom. The Kier molecular flexibility index (Phi) is 5.86. The molecule has 0 aliphatic carbocycles. The molecule has 0 spiro atoms. The van der Waals surface area contributed by atoms with Crippen LogP contribution in [0.5, 0.6) is 0 Å². The Morgan fingerprint density at radius 1 is 1.29 bits per heavy atom. The van der Waals surface area contributed by atoms with Crippen molar-refractivity contribution in [1.29, 1.82) is 0 Å². The van der Waals surface area contributed by atoms with Gasteiger partial charge < -0.3 is 19.5 Å². The molecule has 1 heterocycles. The average Bonchev–Trinajstić information content (AvgIpc) is 2.27. The molecule has 1 atom stereocenters. The number of nitrogens with zero attached hydrogens (tertiary/aromatic N) is 1. The Bertz CT molecular complexity index is 207. The first-order valence-corrected chi connectivity index (χ1v) is 6.48. The number of methoxy groups -OCH3 is 1. The number of rotatable bonds is 5. The molecule has 102 valence electrons. The van der Waals surface area contributed by atoms with Crippen LogP contribution in [-0.4, -0.2) is 61.2 Å². The molecule has 1 fully saturated rings. The molecule has 1 N–H and O–H groups in total. The third-order valence-electron chi connectivity index (χ3n) is 3.05. The van der Waals surface area contributed by atoms with Gasteiger partial charge in [-0.25, -0.2) is 0 Å². The average molecular weight is 245 g/mol. The molecule has 0 radical (unpaired) electrons. The summed E-state index contributed by atoms with van der Waals surface area (Å²) < 4.78 is 10.9. The van der Waals surface area contributed by atoms with Crippen molar-refractivity contribution < 1.29 is 14.6 Å². The van der Waals surface area contributed by atoms with Gasteiger partial charge in [-0.05, 0) is 33.6 Å². The van der Waals surface area contributed by atoms with Crippen LogP contribution in [0.15, 0.2) is 0 Å². The van der Waals surface area contributed by atoms with E-state index in [0.717, 1.165) is 25.9 Å². The molecule has 1 unspecified atom stereocenters. The summed E-state index contributed by atoms with van der Waals surface area (Å²) in [7, 11) is 1.77. The minimum Gasteiger partial charge on any atom is -0.389 e. The standard InChI is InChI=1S/C13H27NO3/c1-13(2,3)17-10-11(15)9-14-7-5-12(16-4)6-8-14/h11-12,15H,5-10H2,1-4H3. The molecule has 1 aliphatic rings. The molecule has 1 saturated heterocycles. The van der Waals surface area contributed by atoms with E-state index in [-0.39, 0.29) is 5.60 Å². The smallest absolute Gasteiger partial charge is 0.0900 e. The topological polar surface area (TPSA) is 41.9 Å². The summed E-state index contributed by atoms with van der Waals surface area (Å²) >= 11 is 0. The van der Waals surface area contributed by atoms with Gasteiger partial charge in [0, 0.05) is 26.7 Å². The molecule has 0 aromatic rings. The fourth-order valence-corrected chi connectivity index (χ4v) is 2.02. The SMILES string of the molecule is COC1CCN(CC(O)COC(C)(C)C)CC1. The van der Waals surface area contributed by atoms with Gasteiger partial charge in [-0.15, -0.1) is 0 Å². The van der Waals surface area contributed by atoms with Gasteiger partial charge in [0.25, 0.3) is 0 Å². The van der Waals surface area contributed by atoms with Crippen molar-refractivity contribution in [3.63, 3.8) is 0 Å². The highest BCUT2D eigenvalue weighted by molar-refractivity contribution is 4.74. The molecule has 1 rings (SSSR count). The highest BCUT2D eigenvalue weighted by Crippen LogP contribution is 2.13. The second-order valence-electron chi connectivity index (χ2n) is 5.81. The fourth-order valence-electron chi connectivity index (χ4n) is 2.02. The van der Waals surface area contributed by atoms with Gasteiger partial charge in [-0.2, -0.15) is 0 Å². The van der Waals surface area contributed by atoms with E-state index in [1.807, 2.05) is 20.8 Å². The Labute approximate surface area is 105 Å². The maximum absolute atomic E-state index is 9.89. The Hall–Kier alpha value is -0.160. The first-order chi connectivity index (χ1) is 7.90.